The Labute approximate surface area is 156 Å². The quantitative estimate of drug-likeness (QED) is 0.751. The van der Waals surface area contributed by atoms with Gasteiger partial charge in [-0.25, -0.2) is 9.97 Å². The van der Waals surface area contributed by atoms with E-state index in [9.17, 15) is 0 Å². The monoisotopic (exact) mass is 362 g/mol. The van der Waals surface area contributed by atoms with Crippen molar-refractivity contribution in [2.24, 2.45) is 11.7 Å². The maximum absolute atomic E-state index is 6.02. The van der Waals surface area contributed by atoms with E-state index in [0.717, 1.165) is 44.5 Å². The summed E-state index contributed by atoms with van der Waals surface area (Å²) in [6, 6.07) is 0.412. The van der Waals surface area contributed by atoms with Crippen molar-refractivity contribution >= 4 is 12.6 Å². The van der Waals surface area contributed by atoms with Crippen molar-refractivity contribution in [3.05, 3.63) is 12.4 Å². The van der Waals surface area contributed by atoms with Gasteiger partial charge in [0.2, 0.25) is 0 Å². The normalized spacial score (nSPS) is 23.3. The summed E-state index contributed by atoms with van der Waals surface area (Å²) in [5, 5.41) is 0. The molecule has 1 aromatic rings. The van der Waals surface area contributed by atoms with E-state index in [4.69, 9.17) is 19.8 Å². The van der Waals surface area contributed by atoms with Crippen LogP contribution in [0.4, 0.5) is 0 Å². The van der Waals surface area contributed by atoms with Gasteiger partial charge in [0.1, 0.15) is 0 Å². The van der Waals surface area contributed by atoms with Gasteiger partial charge in [-0.1, -0.05) is 0 Å². The molecule has 0 saturated carbocycles. The number of ether oxygens (including phenoxy) is 1. The SMILES string of the molecule is CC1(C)OB(c2cnc(OCC3CCN(CCN)CC3)nc2)OC1(C)C. The molecule has 144 valence electrons. The summed E-state index contributed by atoms with van der Waals surface area (Å²) in [5.74, 6) is 0.551. The summed E-state index contributed by atoms with van der Waals surface area (Å²) in [7, 11) is -0.444. The van der Waals surface area contributed by atoms with E-state index < -0.39 is 7.12 Å². The third-order valence-electron chi connectivity index (χ3n) is 5.77. The summed E-state index contributed by atoms with van der Waals surface area (Å²) in [6.45, 7) is 12.7. The molecule has 7 nitrogen and oxygen atoms in total. The van der Waals surface area contributed by atoms with Crippen molar-refractivity contribution in [3.63, 3.8) is 0 Å². The average Bonchev–Trinajstić information content (AvgIpc) is 2.83. The Balaban J connectivity index is 1.48. The standard InChI is InChI=1S/C18H31BN4O3/c1-17(2)18(3,4)26-19(25-17)15-11-21-16(22-12-15)24-13-14-5-8-23(9-6-14)10-7-20/h11-12,14H,5-10,13,20H2,1-4H3. The summed E-state index contributed by atoms with van der Waals surface area (Å²) in [4.78, 5) is 11.1. The zero-order valence-corrected chi connectivity index (χ0v) is 16.4. The lowest BCUT2D eigenvalue weighted by molar-refractivity contribution is 0.00578. The topological polar surface area (TPSA) is 82.7 Å². The van der Waals surface area contributed by atoms with Crippen LogP contribution in [0.5, 0.6) is 6.01 Å². The second-order valence-corrected chi connectivity index (χ2v) is 8.27. The Morgan fingerprint density at radius 1 is 1.15 bits per heavy atom. The fourth-order valence-corrected chi connectivity index (χ4v) is 3.25. The van der Waals surface area contributed by atoms with Crippen LogP contribution >= 0.6 is 0 Å². The predicted molar refractivity (Wildman–Crippen MR) is 101 cm³/mol. The van der Waals surface area contributed by atoms with Crippen molar-refractivity contribution < 1.29 is 14.0 Å². The highest BCUT2D eigenvalue weighted by atomic mass is 16.7. The summed E-state index contributed by atoms with van der Waals surface area (Å²) in [5.41, 5.74) is 5.69. The first-order valence-corrected chi connectivity index (χ1v) is 9.53. The minimum absolute atomic E-state index is 0.369. The predicted octanol–water partition coefficient (Wildman–Crippen LogP) is 0.825. The highest BCUT2D eigenvalue weighted by Gasteiger charge is 2.51. The van der Waals surface area contributed by atoms with Crippen LogP contribution < -0.4 is 15.9 Å². The number of hydrogen-bond donors (Lipinski definition) is 1. The van der Waals surface area contributed by atoms with Crippen LogP contribution in [-0.2, 0) is 9.31 Å². The zero-order chi connectivity index (χ0) is 18.8. The van der Waals surface area contributed by atoms with E-state index in [2.05, 4.69) is 14.9 Å². The average molecular weight is 362 g/mol. The molecule has 26 heavy (non-hydrogen) atoms. The smallest absolute Gasteiger partial charge is 0.463 e. The molecule has 0 aliphatic carbocycles. The summed E-state index contributed by atoms with van der Waals surface area (Å²) >= 11 is 0. The van der Waals surface area contributed by atoms with E-state index in [1.54, 1.807) is 12.4 Å². The maximum atomic E-state index is 6.02. The molecule has 3 heterocycles. The molecule has 0 radical (unpaired) electrons. The van der Waals surface area contributed by atoms with E-state index in [0.29, 0.717) is 18.5 Å². The van der Waals surface area contributed by atoms with Crippen LogP contribution in [0.2, 0.25) is 0 Å². The minimum atomic E-state index is -0.444. The van der Waals surface area contributed by atoms with Gasteiger partial charge in [-0.05, 0) is 59.5 Å². The lowest BCUT2D eigenvalue weighted by Gasteiger charge is -2.32. The number of nitrogens with zero attached hydrogens (tertiary/aromatic N) is 3. The largest absolute Gasteiger partial charge is 0.498 e. The zero-order valence-electron chi connectivity index (χ0n) is 16.4. The number of piperidine rings is 1. The van der Waals surface area contributed by atoms with Crippen molar-refractivity contribution in [3.8, 4) is 6.01 Å². The van der Waals surface area contributed by atoms with Crippen LogP contribution in [0.15, 0.2) is 12.4 Å². The van der Waals surface area contributed by atoms with Gasteiger partial charge in [0, 0.05) is 30.9 Å². The first-order chi connectivity index (χ1) is 12.3. The lowest BCUT2D eigenvalue weighted by atomic mass is 9.81. The van der Waals surface area contributed by atoms with Gasteiger partial charge in [0.25, 0.3) is 0 Å². The van der Waals surface area contributed by atoms with E-state index in [-0.39, 0.29) is 11.2 Å². The Bertz CT molecular complexity index is 573. The maximum Gasteiger partial charge on any atom is 0.498 e. The third kappa shape index (κ3) is 4.36. The molecule has 0 atom stereocenters. The van der Waals surface area contributed by atoms with Gasteiger partial charge in [-0.3, -0.25) is 0 Å². The van der Waals surface area contributed by atoms with Crippen LogP contribution in [0.1, 0.15) is 40.5 Å². The van der Waals surface area contributed by atoms with E-state index >= 15 is 0 Å². The number of likely N-dealkylation sites (tertiary alicyclic amines) is 1. The Morgan fingerprint density at radius 3 is 2.27 bits per heavy atom. The van der Waals surface area contributed by atoms with Gasteiger partial charge in [0.05, 0.1) is 17.8 Å². The molecular weight excluding hydrogens is 331 g/mol. The van der Waals surface area contributed by atoms with Gasteiger partial charge in [0.15, 0.2) is 0 Å². The molecule has 0 bridgehead atoms. The number of rotatable bonds is 6. The molecule has 0 amide bonds. The molecule has 2 N–H and O–H groups in total. The molecular formula is C18H31BN4O3. The van der Waals surface area contributed by atoms with Crippen LogP contribution in [0.3, 0.4) is 0 Å². The molecule has 3 rings (SSSR count). The third-order valence-corrected chi connectivity index (χ3v) is 5.77. The lowest BCUT2D eigenvalue weighted by Crippen LogP contribution is -2.41. The van der Waals surface area contributed by atoms with Gasteiger partial charge < -0.3 is 24.7 Å². The van der Waals surface area contributed by atoms with Crippen molar-refractivity contribution in [2.45, 2.75) is 51.7 Å². The van der Waals surface area contributed by atoms with Crippen LogP contribution in [-0.4, -0.2) is 66.0 Å². The molecule has 2 fully saturated rings. The summed E-state index contributed by atoms with van der Waals surface area (Å²) < 4.78 is 17.8. The first-order valence-electron chi connectivity index (χ1n) is 9.53. The fraction of sp³-hybridized carbons (Fsp3) is 0.778. The Hall–Kier alpha value is -1.22. The van der Waals surface area contributed by atoms with Gasteiger partial charge in [-0.2, -0.15) is 0 Å². The van der Waals surface area contributed by atoms with Gasteiger partial charge >= 0.3 is 13.1 Å². The fourth-order valence-electron chi connectivity index (χ4n) is 3.25. The Kier molecular flexibility index (Phi) is 5.86. The highest BCUT2D eigenvalue weighted by Crippen LogP contribution is 2.36. The number of aromatic nitrogens is 2. The van der Waals surface area contributed by atoms with E-state index in [1.807, 2.05) is 27.7 Å². The van der Waals surface area contributed by atoms with Crippen LogP contribution in [0, 0.1) is 5.92 Å². The number of hydrogen-bond acceptors (Lipinski definition) is 7. The van der Waals surface area contributed by atoms with E-state index in [1.165, 1.54) is 0 Å². The molecule has 2 saturated heterocycles. The van der Waals surface area contributed by atoms with Crippen molar-refractivity contribution in [2.75, 3.05) is 32.8 Å². The molecule has 2 aliphatic rings. The van der Waals surface area contributed by atoms with Crippen molar-refractivity contribution in [1.29, 1.82) is 0 Å². The second-order valence-electron chi connectivity index (χ2n) is 8.27. The van der Waals surface area contributed by atoms with Crippen molar-refractivity contribution in [1.82, 2.24) is 14.9 Å². The highest BCUT2D eigenvalue weighted by molar-refractivity contribution is 6.61. The molecule has 2 aliphatic heterocycles. The minimum Gasteiger partial charge on any atom is -0.463 e. The molecule has 1 aromatic heterocycles. The molecule has 0 spiro atoms. The first kappa shape index (κ1) is 19.5. The second kappa shape index (κ2) is 7.80. The number of nitrogens with two attached hydrogens (primary N) is 1. The molecule has 0 aromatic carbocycles. The van der Waals surface area contributed by atoms with Crippen LogP contribution in [0.25, 0.3) is 0 Å². The molecule has 0 unspecified atom stereocenters. The van der Waals surface area contributed by atoms with Gasteiger partial charge in [-0.15, -0.1) is 0 Å². The molecule has 8 heteroatoms. The Morgan fingerprint density at radius 2 is 1.73 bits per heavy atom. The summed E-state index contributed by atoms with van der Waals surface area (Å²) in [6.07, 6.45) is 5.72.